The summed E-state index contributed by atoms with van der Waals surface area (Å²) in [7, 11) is 0. The van der Waals surface area contributed by atoms with E-state index in [9.17, 15) is 4.79 Å². The first-order chi connectivity index (χ1) is 12.7. The number of carbonyl (C=O) groups excluding carboxylic acids is 1. The normalized spacial score (nSPS) is 12.9. The molecule has 0 bridgehead atoms. The number of hydrogen-bond donors (Lipinski definition) is 1. The number of fused-ring (bicyclic) bond motifs is 1. The van der Waals surface area contributed by atoms with Gasteiger partial charge in [0.25, 0.3) is 0 Å². The molecule has 2 aromatic carbocycles. The summed E-state index contributed by atoms with van der Waals surface area (Å²) in [6, 6.07) is 14.4. The largest absolute Gasteiger partial charge is 0.490 e. The highest BCUT2D eigenvalue weighted by Gasteiger charge is 2.11. The zero-order valence-corrected chi connectivity index (χ0v) is 14.1. The summed E-state index contributed by atoms with van der Waals surface area (Å²) in [5.74, 6) is 1.69. The van der Waals surface area contributed by atoms with Gasteiger partial charge < -0.3 is 19.5 Å². The number of nitrogens with one attached hydrogen (secondary N) is 1. The smallest absolute Gasteiger partial charge is 0.248 e. The van der Waals surface area contributed by atoms with Crippen LogP contribution in [0.5, 0.6) is 17.2 Å². The molecule has 2 aromatic rings. The fourth-order valence-corrected chi connectivity index (χ4v) is 2.39. The van der Waals surface area contributed by atoms with E-state index in [1.165, 1.54) is 6.08 Å². The molecule has 0 radical (unpaired) electrons. The fraction of sp³-hybridized carbons (Fsp3) is 0.200. The van der Waals surface area contributed by atoms with Crippen LogP contribution < -0.4 is 19.5 Å². The quantitative estimate of drug-likeness (QED) is 0.836. The summed E-state index contributed by atoms with van der Waals surface area (Å²) in [6.45, 7) is 1.23. The molecular weight excluding hydrogens is 332 g/mol. The first kappa shape index (κ1) is 17.4. The monoisotopic (exact) mass is 350 g/mol. The third-order valence-corrected chi connectivity index (χ3v) is 3.63. The van der Waals surface area contributed by atoms with E-state index in [0.717, 1.165) is 12.0 Å². The van der Waals surface area contributed by atoms with Gasteiger partial charge in [0.15, 0.2) is 18.1 Å². The lowest BCUT2D eigenvalue weighted by Crippen LogP contribution is -2.08. The van der Waals surface area contributed by atoms with Gasteiger partial charge in [-0.15, -0.1) is 0 Å². The average Bonchev–Trinajstić information content (AvgIpc) is 2.90. The Labute approximate surface area is 151 Å². The molecule has 6 heteroatoms. The molecule has 0 saturated carbocycles. The van der Waals surface area contributed by atoms with Gasteiger partial charge >= 0.3 is 0 Å². The lowest BCUT2D eigenvalue weighted by atomic mass is 10.2. The second-order valence-corrected chi connectivity index (χ2v) is 5.55. The molecule has 132 valence electrons. The SMILES string of the molecule is N#CCOc1ccc(C=CC(=O)Nc2ccc3c(c2)OCCCO3)cc1. The minimum absolute atomic E-state index is 0.00707. The topological polar surface area (TPSA) is 80.6 Å². The number of carbonyl (C=O) groups is 1. The maximum absolute atomic E-state index is 12.1. The maximum atomic E-state index is 12.1. The van der Waals surface area contributed by atoms with Gasteiger partial charge in [-0.1, -0.05) is 12.1 Å². The molecule has 0 spiro atoms. The van der Waals surface area contributed by atoms with E-state index < -0.39 is 0 Å². The lowest BCUT2D eigenvalue weighted by molar-refractivity contribution is -0.111. The molecule has 1 heterocycles. The summed E-state index contributed by atoms with van der Waals surface area (Å²) >= 11 is 0. The molecule has 1 N–H and O–H groups in total. The average molecular weight is 350 g/mol. The Balaban J connectivity index is 1.59. The highest BCUT2D eigenvalue weighted by Crippen LogP contribution is 2.32. The predicted molar refractivity (Wildman–Crippen MR) is 97.3 cm³/mol. The molecular formula is C20H18N2O4. The third-order valence-electron chi connectivity index (χ3n) is 3.63. The Morgan fingerprint density at radius 2 is 1.92 bits per heavy atom. The number of amides is 1. The Kier molecular flexibility index (Phi) is 5.73. The molecule has 0 atom stereocenters. The van der Waals surface area contributed by atoms with Crippen molar-refractivity contribution < 1.29 is 19.0 Å². The molecule has 0 unspecified atom stereocenters. The number of benzene rings is 2. The second-order valence-electron chi connectivity index (χ2n) is 5.55. The summed E-state index contributed by atoms with van der Waals surface area (Å²) in [5, 5.41) is 11.3. The van der Waals surface area contributed by atoms with E-state index in [0.29, 0.717) is 36.1 Å². The van der Waals surface area contributed by atoms with Crippen molar-refractivity contribution >= 4 is 17.7 Å². The number of ether oxygens (including phenoxy) is 3. The van der Waals surface area contributed by atoms with E-state index in [1.54, 1.807) is 36.4 Å². The third kappa shape index (κ3) is 4.77. The van der Waals surface area contributed by atoms with Crippen LogP contribution in [-0.4, -0.2) is 25.7 Å². The molecule has 3 rings (SSSR count). The number of nitriles is 1. The summed E-state index contributed by atoms with van der Waals surface area (Å²) in [4.78, 5) is 12.1. The molecule has 1 amide bonds. The zero-order valence-electron chi connectivity index (χ0n) is 14.1. The summed E-state index contributed by atoms with van der Waals surface area (Å²) in [6.07, 6.45) is 3.99. The highest BCUT2D eigenvalue weighted by molar-refractivity contribution is 6.02. The van der Waals surface area contributed by atoms with Gasteiger partial charge in [0, 0.05) is 24.3 Å². The van der Waals surface area contributed by atoms with Crippen molar-refractivity contribution in [2.45, 2.75) is 6.42 Å². The number of rotatable bonds is 5. The Bertz CT molecular complexity index is 838. The summed E-state index contributed by atoms with van der Waals surface area (Å²) in [5.41, 5.74) is 1.49. The van der Waals surface area contributed by atoms with E-state index in [4.69, 9.17) is 19.5 Å². The van der Waals surface area contributed by atoms with Crippen molar-refractivity contribution in [2.24, 2.45) is 0 Å². The zero-order chi connectivity index (χ0) is 18.2. The first-order valence-corrected chi connectivity index (χ1v) is 8.23. The van der Waals surface area contributed by atoms with Gasteiger partial charge in [-0.05, 0) is 35.9 Å². The van der Waals surface area contributed by atoms with Crippen molar-refractivity contribution in [1.29, 1.82) is 5.26 Å². The van der Waals surface area contributed by atoms with Crippen LogP contribution in [0.2, 0.25) is 0 Å². The van der Waals surface area contributed by atoms with Crippen LogP contribution in [0.3, 0.4) is 0 Å². The molecule has 1 aliphatic rings. The molecule has 0 aromatic heterocycles. The van der Waals surface area contributed by atoms with Crippen molar-refractivity contribution in [3.8, 4) is 23.3 Å². The van der Waals surface area contributed by atoms with Crippen LogP contribution in [0.15, 0.2) is 48.5 Å². The van der Waals surface area contributed by atoms with Gasteiger partial charge in [0.1, 0.15) is 11.8 Å². The molecule has 0 fully saturated rings. The summed E-state index contributed by atoms with van der Waals surface area (Å²) < 4.78 is 16.4. The van der Waals surface area contributed by atoms with Crippen molar-refractivity contribution in [3.05, 3.63) is 54.1 Å². The van der Waals surface area contributed by atoms with Crippen LogP contribution in [0.1, 0.15) is 12.0 Å². The second kappa shape index (κ2) is 8.58. The van der Waals surface area contributed by atoms with Crippen LogP contribution in [-0.2, 0) is 4.79 Å². The molecule has 0 saturated heterocycles. The maximum Gasteiger partial charge on any atom is 0.248 e. The van der Waals surface area contributed by atoms with Gasteiger partial charge in [-0.25, -0.2) is 0 Å². The highest BCUT2D eigenvalue weighted by atomic mass is 16.5. The molecule has 6 nitrogen and oxygen atoms in total. The minimum Gasteiger partial charge on any atom is -0.490 e. The molecule has 26 heavy (non-hydrogen) atoms. The van der Waals surface area contributed by atoms with Gasteiger partial charge in [0.2, 0.25) is 5.91 Å². The Morgan fingerprint density at radius 3 is 2.69 bits per heavy atom. The van der Waals surface area contributed by atoms with Crippen LogP contribution in [0.4, 0.5) is 5.69 Å². The number of hydrogen-bond acceptors (Lipinski definition) is 5. The van der Waals surface area contributed by atoms with Gasteiger partial charge in [0.05, 0.1) is 13.2 Å². The Morgan fingerprint density at radius 1 is 1.15 bits per heavy atom. The van der Waals surface area contributed by atoms with Gasteiger partial charge in [-0.3, -0.25) is 4.79 Å². The number of anilines is 1. The predicted octanol–water partition coefficient (Wildman–Crippen LogP) is 3.40. The van der Waals surface area contributed by atoms with Crippen LogP contribution in [0, 0.1) is 11.3 Å². The fourth-order valence-electron chi connectivity index (χ4n) is 2.39. The minimum atomic E-state index is -0.246. The van der Waals surface area contributed by atoms with E-state index in [2.05, 4.69) is 5.32 Å². The van der Waals surface area contributed by atoms with Crippen LogP contribution >= 0.6 is 0 Å². The first-order valence-electron chi connectivity index (χ1n) is 8.23. The lowest BCUT2D eigenvalue weighted by Gasteiger charge is -2.09. The van der Waals surface area contributed by atoms with E-state index in [1.807, 2.05) is 18.2 Å². The Hall–Kier alpha value is -3.46. The van der Waals surface area contributed by atoms with Gasteiger partial charge in [-0.2, -0.15) is 5.26 Å². The van der Waals surface area contributed by atoms with Crippen molar-refractivity contribution in [1.82, 2.24) is 0 Å². The van der Waals surface area contributed by atoms with E-state index in [-0.39, 0.29) is 12.5 Å². The van der Waals surface area contributed by atoms with Crippen molar-refractivity contribution in [2.75, 3.05) is 25.1 Å². The number of nitrogens with zero attached hydrogens (tertiary/aromatic N) is 1. The van der Waals surface area contributed by atoms with Crippen molar-refractivity contribution in [3.63, 3.8) is 0 Å². The standard InChI is InChI=1S/C20H18N2O4/c21-10-13-24-17-6-2-15(3-7-17)4-9-20(23)22-16-5-8-18-19(14-16)26-12-1-11-25-18/h2-9,14H,1,11-13H2,(H,22,23). The molecule has 1 aliphatic heterocycles. The molecule has 0 aliphatic carbocycles. The van der Waals surface area contributed by atoms with E-state index >= 15 is 0 Å². The van der Waals surface area contributed by atoms with Crippen LogP contribution in [0.25, 0.3) is 6.08 Å².